The van der Waals surface area contributed by atoms with Gasteiger partial charge in [-0.25, -0.2) is 4.39 Å². The van der Waals surface area contributed by atoms with Gasteiger partial charge in [-0.05, 0) is 31.5 Å². The molecule has 0 bridgehead atoms. The van der Waals surface area contributed by atoms with Gasteiger partial charge >= 0.3 is 0 Å². The Bertz CT molecular complexity index is 658. The molecular weight excluding hydrogens is 293 g/mol. The van der Waals surface area contributed by atoms with Gasteiger partial charge in [0.05, 0.1) is 17.3 Å². The number of carbonyl (C=O) groups is 1. The maximum Gasteiger partial charge on any atom is 0.169 e. The summed E-state index contributed by atoms with van der Waals surface area (Å²) in [5, 5.41) is 0.00955. The van der Waals surface area contributed by atoms with Crippen LogP contribution in [0.5, 0.6) is 5.75 Å². The van der Waals surface area contributed by atoms with Crippen LogP contribution in [0.2, 0.25) is 5.02 Å². The number of pyridine rings is 1. The van der Waals surface area contributed by atoms with Gasteiger partial charge in [0.2, 0.25) is 0 Å². The molecule has 0 radical (unpaired) electrons. The normalized spacial score (nSPS) is 10.7. The van der Waals surface area contributed by atoms with Gasteiger partial charge in [-0.1, -0.05) is 23.7 Å². The predicted octanol–water partition coefficient (Wildman–Crippen LogP) is 4.09. The van der Waals surface area contributed by atoms with E-state index in [4.69, 9.17) is 16.3 Å². The maximum absolute atomic E-state index is 13.8. The zero-order valence-corrected chi connectivity index (χ0v) is 12.5. The monoisotopic (exact) mass is 307 g/mol. The van der Waals surface area contributed by atoms with Crippen LogP contribution in [0.3, 0.4) is 0 Å². The summed E-state index contributed by atoms with van der Waals surface area (Å²) >= 11 is 5.71. The zero-order valence-electron chi connectivity index (χ0n) is 11.8. The molecule has 3 nitrogen and oxygen atoms in total. The van der Waals surface area contributed by atoms with Crippen LogP contribution in [0, 0.1) is 5.82 Å². The van der Waals surface area contributed by atoms with E-state index in [-0.39, 0.29) is 28.9 Å². The van der Waals surface area contributed by atoms with Gasteiger partial charge in [0.15, 0.2) is 5.78 Å². The van der Waals surface area contributed by atoms with Crippen molar-refractivity contribution in [3.63, 3.8) is 0 Å². The van der Waals surface area contributed by atoms with Crippen molar-refractivity contribution >= 4 is 17.4 Å². The molecule has 1 aromatic heterocycles. The largest absolute Gasteiger partial charge is 0.489 e. The van der Waals surface area contributed by atoms with Crippen molar-refractivity contribution in [3.8, 4) is 5.75 Å². The molecule has 5 heteroatoms. The highest BCUT2D eigenvalue weighted by Gasteiger charge is 2.13. The van der Waals surface area contributed by atoms with Crippen molar-refractivity contribution in [2.24, 2.45) is 0 Å². The van der Waals surface area contributed by atoms with Crippen LogP contribution in [-0.4, -0.2) is 16.9 Å². The van der Waals surface area contributed by atoms with E-state index in [1.54, 1.807) is 18.2 Å². The van der Waals surface area contributed by atoms with E-state index in [1.165, 1.54) is 18.5 Å². The Morgan fingerprint density at radius 2 is 2.14 bits per heavy atom. The van der Waals surface area contributed by atoms with Gasteiger partial charge < -0.3 is 4.74 Å². The summed E-state index contributed by atoms with van der Waals surface area (Å²) in [4.78, 5) is 16.2. The molecule has 0 fully saturated rings. The third kappa shape index (κ3) is 4.02. The molecule has 110 valence electrons. The molecule has 0 aliphatic rings. The lowest BCUT2D eigenvalue weighted by atomic mass is 10.0. The van der Waals surface area contributed by atoms with Crippen LogP contribution in [0.25, 0.3) is 0 Å². The first-order chi connectivity index (χ1) is 9.97. The van der Waals surface area contributed by atoms with E-state index in [2.05, 4.69) is 4.98 Å². The molecule has 2 aromatic rings. The summed E-state index contributed by atoms with van der Waals surface area (Å²) in [5.74, 6) is -0.282. The van der Waals surface area contributed by atoms with E-state index >= 15 is 0 Å². The standard InChI is InChI=1S/C16H15ClFNO2/c1-10(2)21-13-6-12(8-19-9-13)15(20)7-11-4-3-5-14(17)16(11)18/h3-6,8-10H,7H2,1-2H3. The minimum absolute atomic E-state index is 0.00955. The van der Waals surface area contributed by atoms with Gasteiger partial charge in [-0.15, -0.1) is 0 Å². The lowest BCUT2D eigenvalue weighted by Crippen LogP contribution is -2.09. The first-order valence-corrected chi connectivity index (χ1v) is 6.93. The Morgan fingerprint density at radius 3 is 2.86 bits per heavy atom. The average Bonchev–Trinajstić information content (AvgIpc) is 2.43. The molecule has 21 heavy (non-hydrogen) atoms. The van der Waals surface area contributed by atoms with E-state index < -0.39 is 5.82 Å². The van der Waals surface area contributed by atoms with Crippen molar-refractivity contribution in [1.29, 1.82) is 0 Å². The van der Waals surface area contributed by atoms with Gasteiger partial charge in [0, 0.05) is 18.2 Å². The SMILES string of the molecule is CC(C)Oc1cncc(C(=O)Cc2cccc(Cl)c2F)c1. The van der Waals surface area contributed by atoms with Crippen LogP contribution >= 0.6 is 11.6 Å². The highest BCUT2D eigenvalue weighted by atomic mass is 35.5. The second-order valence-corrected chi connectivity index (χ2v) is 5.30. The van der Waals surface area contributed by atoms with Crippen LogP contribution < -0.4 is 4.74 Å². The molecular formula is C16H15ClFNO2. The van der Waals surface area contributed by atoms with Gasteiger partial charge in [0.1, 0.15) is 11.6 Å². The molecule has 0 aliphatic carbocycles. The van der Waals surface area contributed by atoms with Crippen molar-refractivity contribution in [2.75, 3.05) is 0 Å². The number of hydrogen-bond donors (Lipinski definition) is 0. The van der Waals surface area contributed by atoms with Gasteiger partial charge in [-0.3, -0.25) is 9.78 Å². The van der Waals surface area contributed by atoms with E-state index in [0.29, 0.717) is 11.3 Å². The molecule has 0 N–H and O–H groups in total. The Balaban J connectivity index is 2.18. The minimum Gasteiger partial charge on any atom is -0.489 e. The summed E-state index contributed by atoms with van der Waals surface area (Å²) in [5.41, 5.74) is 0.648. The summed E-state index contributed by atoms with van der Waals surface area (Å²) in [7, 11) is 0. The van der Waals surface area contributed by atoms with Crippen molar-refractivity contribution < 1.29 is 13.9 Å². The zero-order chi connectivity index (χ0) is 15.4. The quantitative estimate of drug-likeness (QED) is 0.781. The number of ether oxygens (including phenoxy) is 1. The summed E-state index contributed by atoms with van der Waals surface area (Å²) in [6.07, 6.45) is 2.90. The molecule has 0 saturated heterocycles. The van der Waals surface area contributed by atoms with Crippen LogP contribution in [-0.2, 0) is 6.42 Å². The topological polar surface area (TPSA) is 39.2 Å². The Morgan fingerprint density at radius 1 is 1.38 bits per heavy atom. The van der Waals surface area contributed by atoms with E-state index in [1.807, 2.05) is 13.8 Å². The highest BCUT2D eigenvalue weighted by Crippen LogP contribution is 2.20. The molecule has 0 spiro atoms. The first-order valence-electron chi connectivity index (χ1n) is 6.55. The van der Waals surface area contributed by atoms with E-state index in [9.17, 15) is 9.18 Å². The predicted molar refractivity (Wildman–Crippen MR) is 79.4 cm³/mol. The molecule has 0 amide bonds. The fourth-order valence-electron chi connectivity index (χ4n) is 1.87. The highest BCUT2D eigenvalue weighted by molar-refractivity contribution is 6.30. The third-order valence-electron chi connectivity index (χ3n) is 2.79. The van der Waals surface area contributed by atoms with Crippen LogP contribution in [0.1, 0.15) is 29.8 Å². The number of nitrogens with zero attached hydrogens (tertiary/aromatic N) is 1. The minimum atomic E-state index is -0.560. The summed E-state index contributed by atoms with van der Waals surface area (Å²) in [6, 6.07) is 6.22. The Labute approximate surface area is 127 Å². The lowest BCUT2D eigenvalue weighted by Gasteiger charge is -2.10. The number of aromatic nitrogens is 1. The summed E-state index contributed by atoms with van der Waals surface area (Å²) in [6.45, 7) is 3.77. The van der Waals surface area contributed by atoms with Gasteiger partial charge in [0.25, 0.3) is 0 Å². The molecule has 1 aromatic carbocycles. The van der Waals surface area contributed by atoms with Crippen molar-refractivity contribution in [1.82, 2.24) is 4.98 Å². The second-order valence-electron chi connectivity index (χ2n) is 4.89. The molecule has 0 aliphatic heterocycles. The number of hydrogen-bond acceptors (Lipinski definition) is 3. The third-order valence-corrected chi connectivity index (χ3v) is 3.08. The number of carbonyl (C=O) groups excluding carboxylic acids is 1. The molecule has 0 unspecified atom stereocenters. The van der Waals surface area contributed by atoms with Crippen molar-refractivity contribution in [2.45, 2.75) is 26.4 Å². The molecule has 1 heterocycles. The number of Topliss-reactive ketones (excluding diaryl/α,β-unsaturated/α-hetero) is 1. The lowest BCUT2D eigenvalue weighted by molar-refractivity contribution is 0.0990. The second kappa shape index (κ2) is 6.68. The first kappa shape index (κ1) is 15.4. The average molecular weight is 308 g/mol. The van der Waals surface area contributed by atoms with Crippen molar-refractivity contribution in [3.05, 3.63) is 58.6 Å². The number of halogens is 2. The maximum atomic E-state index is 13.8. The Kier molecular flexibility index (Phi) is 4.91. The summed E-state index contributed by atoms with van der Waals surface area (Å²) < 4.78 is 19.3. The van der Waals surface area contributed by atoms with Gasteiger partial charge in [-0.2, -0.15) is 0 Å². The van der Waals surface area contributed by atoms with Crippen LogP contribution in [0.15, 0.2) is 36.7 Å². The fourth-order valence-corrected chi connectivity index (χ4v) is 2.06. The molecule has 0 atom stereocenters. The molecule has 0 saturated carbocycles. The smallest absolute Gasteiger partial charge is 0.169 e. The molecule has 2 rings (SSSR count). The number of rotatable bonds is 5. The number of ketones is 1. The number of benzene rings is 1. The Hall–Kier alpha value is -1.94. The van der Waals surface area contributed by atoms with Crippen LogP contribution in [0.4, 0.5) is 4.39 Å². The van der Waals surface area contributed by atoms with E-state index in [0.717, 1.165) is 0 Å². The fraction of sp³-hybridized carbons (Fsp3) is 0.250.